The molecule has 1 aromatic carbocycles. The number of alkyl halides is 1. The second kappa shape index (κ2) is 6.03. The predicted molar refractivity (Wildman–Crippen MR) is 72.0 cm³/mol. The molecule has 1 aliphatic rings. The molecule has 20 heavy (non-hydrogen) atoms. The van der Waals surface area contributed by atoms with E-state index in [9.17, 15) is 14.0 Å². The monoisotopic (exact) mass is 279 g/mol. The van der Waals surface area contributed by atoms with Crippen molar-refractivity contribution in [1.82, 2.24) is 5.32 Å². The van der Waals surface area contributed by atoms with Gasteiger partial charge in [-0.3, -0.25) is 9.59 Å². The number of carboxylic acid groups (broad SMARTS) is 1. The first-order chi connectivity index (χ1) is 9.48. The molecule has 0 aromatic heterocycles. The predicted octanol–water partition coefficient (Wildman–Crippen LogP) is 1.94. The molecule has 1 aliphatic carbocycles. The van der Waals surface area contributed by atoms with Gasteiger partial charge in [0, 0.05) is 0 Å². The third kappa shape index (κ3) is 3.79. The van der Waals surface area contributed by atoms with Gasteiger partial charge in [-0.1, -0.05) is 30.3 Å². The molecule has 2 atom stereocenters. The van der Waals surface area contributed by atoms with E-state index in [2.05, 4.69) is 5.32 Å². The molecule has 1 fully saturated rings. The highest BCUT2D eigenvalue weighted by Gasteiger charge is 2.42. The summed E-state index contributed by atoms with van der Waals surface area (Å²) >= 11 is 0. The summed E-state index contributed by atoms with van der Waals surface area (Å²) in [4.78, 5) is 22.5. The number of amides is 1. The Bertz CT molecular complexity index is 491. The van der Waals surface area contributed by atoms with Gasteiger partial charge in [-0.25, -0.2) is 4.39 Å². The van der Waals surface area contributed by atoms with Gasteiger partial charge in [0.1, 0.15) is 5.67 Å². The molecule has 1 amide bonds. The SMILES string of the molecule is O=C(Cc1ccccc1)NC[C@]1(F)CC[C@@H](C(=O)O)C1. The molecule has 0 heterocycles. The number of halogens is 1. The van der Waals surface area contributed by atoms with Crippen LogP contribution in [0.1, 0.15) is 24.8 Å². The second-order valence-electron chi connectivity index (χ2n) is 5.37. The van der Waals surface area contributed by atoms with Gasteiger partial charge in [0.2, 0.25) is 5.91 Å². The first kappa shape index (κ1) is 14.5. The van der Waals surface area contributed by atoms with Crippen LogP contribution in [0, 0.1) is 5.92 Å². The van der Waals surface area contributed by atoms with Crippen LogP contribution in [0.4, 0.5) is 4.39 Å². The number of carboxylic acids is 1. The van der Waals surface area contributed by atoms with Crippen molar-refractivity contribution in [3.05, 3.63) is 35.9 Å². The van der Waals surface area contributed by atoms with E-state index in [0.717, 1.165) is 5.56 Å². The van der Waals surface area contributed by atoms with Gasteiger partial charge in [0.25, 0.3) is 0 Å². The molecule has 0 spiro atoms. The van der Waals surface area contributed by atoms with Crippen molar-refractivity contribution in [3.63, 3.8) is 0 Å². The average Bonchev–Trinajstić information content (AvgIpc) is 2.81. The molecule has 0 radical (unpaired) electrons. The van der Waals surface area contributed by atoms with Crippen LogP contribution < -0.4 is 5.32 Å². The summed E-state index contributed by atoms with van der Waals surface area (Å²) < 4.78 is 14.3. The van der Waals surface area contributed by atoms with Crippen molar-refractivity contribution in [2.45, 2.75) is 31.4 Å². The number of carbonyl (C=O) groups is 2. The zero-order chi connectivity index (χ0) is 14.6. The maximum atomic E-state index is 14.3. The van der Waals surface area contributed by atoms with Crippen molar-refractivity contribution < 1.29 is 19.1 Å². The third-order valence-electron chi connectivity index (χ3n) is 3.71. The lowest BCUT2D eigenvalue weighted by atomic mass is 10.0. The number of hydrogen-bond donors (Lipinski definition) is 2. The van der Waals surface area contributed by atoms with E-state index in [0.29, 0.717) is 6.42 Å². The summed E-state index contributed by atoms with van der Waals surface area (Å²) in [6.45, 7) is -0.109. The molecular formula is C15H18FNO3. The van der Waals surface area contributed by atoms with Crippen LogP contribution in [0.2, 0.25) is 0 Å². The molecule has 0 saturated heterocycles. The highest BCUT2D eigenvalue weighted by Crippen LogP contribution is 2.37. The maximum absolute atomic E-state index is 14.3. The molecule has 5 heteroatoms. The minimum Gasteiger partial charge on any atom is -0.481 e. The number of carbonyl (C=O) groups excluding carboxylic acids is 1. The first-order valence-corrected chi connectivity index (χ1v) is 6.71. The van der Waals surface area contributed by atoms with Gasteiger partial charge in [-0.2, -0.15) is 0 Å². The van der Waals surface area contributed by atoms with E-state index in [1.807, 2.05) is 30.3 Å². The lowest BCUT2D eigenvalue weighted by Gasteiger charge is -2.19. The topological polar surface area (TPSA) is 66.4 Å². The number of nitrogens with one attached hydrogen (secondary N) is 1. The molecule has 4 nitrogen and oxygen atoms in total. The maximum Gasteiger partial charge on any atom is 0.306 e. The fraction of sp³-hybridized carbons (Fsp3) is 0.467. The number of aliphatic carboxylic acids is 1. The second-order valence-corrected chi connectivity index (χ2v) is 5.37. The molecule has 1 saturated carbocycles. The van der Waals surface area contributed by atoms with Gasteiger partial charge >= 0.3 is 5.97 Å². The first-order valence-electron chi connectivity index (χ1n) is 6.71. The van der Waals surface area contributed by atoms with Crippen LogP contribution in [0.15, 0.2) is 30.3 Å². The van der Waals surface area contributed by atoms with Crippen molar-refractivity contribution in [2.75, 3.05) is 6.54 Å². The Morgan fingerprint density at radius 2 is 2.05 bits per heavy atom. The molecule has 0 bridgehead atoms. The lowest BCUT2D eigenvalue weighted by molar-refractivity contribution is -0.141. The highest BCUT2D eigenvalue weighted by atomic mass is 19.1. The quantitative estimate of drug-likeness (QED) is 0.865. The Balaban J connectivity index is 1.80. The van der Waals surface area contributed by atoms with Crippen LogP contribution in [0.25, 0.3) is 0 Å². The number of benzene rings is 1. The smallest absolute Gasteiger partial charge is 0.306 e. The van der Waals surface area contributed by atoms with Gasteiger partial charge in [-0.05, 0) is 24.8 Å². The largest absolute Gasteiger partial charge is 0.481 e. The molecule has 0 aliphatic heterocycles. The fourth-order valence-corrected chi connectivity index (χ4v) is 2.55. The summed E-state index contributed by atoms with van der Waals surface area (Å²) in [6.07, 6.45) is 0.712. The Hall–Kier alpha value is -1.91. The van der Waals surface area contributed by atoms with E-state index in [4.69, 9.17) is 5.11 Å². The van der Waals surface area contributed by atoms with Crippen LogP contribution in [0.5, 0.6) is 0 Å². The highest BCUT2D eigenvalue weighted by molar-refractivity contribution is 5.78. The molecule has 108 valence electrons. The summed E-state index contributed by atoms with van der Waals surface area (Å²) in [5, 5.41) is 11.4. The van der Waals surface area contributed by atoms with Crippen LogP contribution in [-0.2, 0) is 16.0 Å². The Kier molecular flexibility index (Phi) is 4.37. The standard InChI is InChI=1S/C15H18FNO3/c16-15(7-6-12(9-15)14(19)20)10-17-13(18)8-11-4-2-1-3-5-11/h1-5,12H,6-10H2,(H,17,18)(H,19,20)/t12-,15+/m1/s1. The summed E-state index contributed by atoms with van der Waals surface area (Å²) in [5.74, 6) is -1.84. The van der Waals surface area contributed by atoms with Crippen LogP contribution in [0.3, 0.4) is 0 Å². The molecular weight excluding hydrogens is 261 g/mol. The van der Waals surface area contributed by atoms with Crippen molar-refractivity contribution in [1.29, 1.82) is 0 Å². The summed E-state index contributed by atoms with van der Waals surface area (Å²) in [7, 11) is 0. The molecule has 2 rings (SSSR count). The van der Waals surface area contributed by atoms with Crippen LogP contribution >= 0.6 is 0 Å². The normalized spacial score (nSPS) is 25.4. The van der Waals surface area contributed by atoms with E-state index in [1.54, 1.807) is 0 Å². The van der Waals surface area contributed by atoms with E-state index < -0.39 is 17.6 Å². The fourth-order valence-electron chi connectivity index (χ4n) is 2.55. The summed E-state index contributed by atoms with van der Waals surface area (Å²) in [5.41, 5.74) is -0.720. The van der Waals surface area contributed by atoms with E-state index >= 15 is 0 Å². The zero-order valence-corrected chi connectivity index (χ0v) is 11.1. The average molecular weight is 279 g/mol. The van der Waals surface area contributed by atoms with E-state index in [-0.39, 0.29) is 31.7 Å². The van der Waals surface area contributed by atoms with Crippen molar-refractivity contribution >= 4 is 11.9 Å². The van der Waals surface area contributed by atoms with Gasteiger partial charge < -0.3 is 10.4 Å². The number of rotatable bonds is 5. The summed E-state index contributed by atoms with van der Waals surface area (Å²) in [6, 6.07) is 9.21. The Morgan fingerprint density at radius 1 is 1.35 bits per heavy atom. The molecule has 2 N–H and O–H groups in total. The lowest BCUT2D eigenvalue weighted by Crippen LogP contribution is -2.38. The minimum absolute atomic E-state index is 0.0199. The van der Waals surface area contributed by atoms with Gasteiger partial charge in [-0.15, -0.1) is 0 Å². The van der Waals surface area contributed by atoms with E-state index in [1.165, 1.54) is 0 Å². The van der Waals surface area contributed by atoms with Gasteiger partial charge in [0.05, 0.1) is 18.9 Å². The van der Waals surface area contributed by atoms with Crippen LogP contribution in [-0.4, -0.2) is 29.2 Å². The van der Waals surface area contributed by atoms with Gasteiger partial charge in [0.15, 0.2) is 0 Å². The number of hydrogen-bond acceptors (Lipinski definition) is 2. The zero-order valence-electron chi connectivity index (χ0n) is 11.1. The van der Waals surface area contributed by atoms with Crippen molar-refractivity contribution in [2.24, 2.45) is 5.92 Å². The molecule has 1 aromatic rings. The Morgan fingerprint density at radius 3 is 2.65 bits per heavy atom. The molecule has 0 unspecified atom stereocenters. The Labute approximate surface area is 117 Å². The minimum atomic E-state index is -1.59. The third-order valence-corrected chi connectivity index (χ3v) is 3.71. The van der Waals surface area contributed by atoms with Crippen molar-refractivity contribution in [3.8, 4) is 0 Å².